The second-order valence-corrected chi connectivity index (χ2v) is 5.38. The van der Waals surface area contributed by atoms with Crippen LogP contribution in [0.3, 0.4) is 0 Å². The van der Waals surface area contributed by atoms with Gasteiger partial charge in [0.2, 0.25) is 0 Å². The Hall–Kier alpha value is -0.980. The summed E-state index contributed by atoms with van der Waals surface area (Å²) in [7, 11) is 0. The summed E-state index contributed by atoms with van der Waals surface area (Å²) in [5, 5.41) is 0. The van der Waals surface area contributed by atoms with Gasteiger partial charge >= 0.3 is 0 Å². The molecule has 1 aromatic rings. The largest absolute Gasteiger partial charge is 0.494 e. The molecule has 0 radical (unpaired) electrons. The molecule has 0 bridgehead atoms. The highest BCUT2D eigenvalue weighted by Crippen LogP contribution is 2.19. The van der Waals surface area contributed by atoms with Gasteiger partial charge in [-0.2, -0.15) is 0 Å². The Morgan fingerprint density at radius 3 is 2.67 bits per heavy atom. The molecular weight excluding hydrogens is 377 g/mol. The summed E-state index contributed by atoms with van der Waals surface area (Å²) in [6.45, 7) is 7.56. The maximum absolute atomic E-state index is 6.10. The van der Waals surface area contributed by atoms with Gasteiger partial charge in [-0.1, -0.05) is 25.1 Å². The molecule has 1 heterocycles. The minimum atomic E-state index is 0. The number of para-hydroxylation sites is 1. The molecule has 0 amide bonds. The number of piperidine rings is 1. The van der Waals surface area contributed by atoms with Crippen molar-refractivity contribution in [3.63, 3.8) is 0 Å². The number of hydrogen-bond donors (Lipinski definition) is 1. The van der Waals surface area contributed by atoms with Crippen molar-refractivity contribution in [1.29, 1.82) is 0 Å². The van der Waals surface area contributed by atoms with E-state index < -0.39 is 0 Å². The van der Waals surface area contributed by atoms with Crippen LogP contribution in [0.5, 0.6) is 5.75 Å². The monoisotopic (exact) mass is 403 g/mol. The van der Waals surface area contributed by atoms with Crippen LogP contribution in [0.15, 0.2) is 29.3 Å². The predicted molar refractivity (Wildman–Crippen MR) is 98.3 cm³/mol. The molecule has 1 saturated heterocycles. The zero-order valence-corrected chi connectivity index (χ0v) is 15.2. The first kappa shape index (κ1) is 18.1. The van der Waals surface area contributed by atoms with Gasteiger partial charge in [-0.25, -0.2) is 4.99 Å². The molecule has 0 aromatic heterocycles. The summed E-state index contributed by atoms with van der Waals surface area (Å²) in [6.07, 6.45) is 2.40. The van der Waals surface area contributed by atoms with Crippen LogP contribution in [0.4, 0.5) is 0 Å². The number of rotatable bonds is 4. The van der Waals surface area contributed by atoms with Crippen LogP contribution in [-0.4, -0.2) is 30.6 Å². The number of ether oxygens (including phenoxy) is 1. The molecule has 4 nitrogen and oxygen atoms in total. The van der Waals surface area contributed by atoms with Crippen molar-refractivity contribution in [3.8, 4) is 5.75 Å². The van der Waals surface area contributed by atoms with Gasteiger partial charge in [0.1, 0.15) is 5.75 Å². The standard InChI is InChI=1S/C16H25N3O.HI/c1-3-20-15-7-5-4-6-14(15)12-18-16(17)19-10-8-13(2)9-11-19;/h4-7,13H,3,8-12H2,1-2H3,(H2,17,18);1H. The van der Waals surface area contributed by atoms with Gasteiger partial charge in [0.25, 0.3) is 0 Å². The average Bonchev–Trinajstić information content (AvgIpc) is 2.47. The average molecular weight is 403 g/mol. The Morgan fingerprint density at radius 2 is 2.00 bits per heavy atom. The van der Waals surface area contributed by atoms with Crippen LogP contribution >= 0.6 is 24.0 Å². The zero-order chi connectivity index (χ0) is 14.4. The summed E-state index contributed by atoms with van der Waals surface area (Å²) in [5.41, 5.74) is 7.19. The smallest absolute Gasteiger partial charge is 0.191 e. The number of aliphatic imine (C=N–C) groups is 1. The number of nitrogens with two attached hydrogens (primary N) is 1. The maximum Gasteiger partial charge on any atom is 0.191 e. The van der Waals surface area contributed by atoms with Crippen molar-refractivity contribution in [3.05, 3.63) is 29.8 Å². The Bertz CT molecular complexity index is 457. The number of nitrogens with zero attached hydrogens (tertiary/aromatic N) is 2. The van der Waals surface area contributed by atoms with Crippen LogP contribution in [0.1, 0.15) is 32.3 Å². The molecule has 2 N–H and O–H groups in total. The fourth-order valence-corrected chi connectivity index (χ4v) is 2.43. The van der Waals surface area contributed by atoms with E-state index in [2.05, 4.69) is 16.8 Å². The van der Waals surface area contributed by atoms with Gasteiger partial charge < -0.3 is 15.4 Å². The number of halogens is 1. The van der Waals surface area contributed by atoms with Gasteiger partial charge in [-0.05, 0) is 31.7 Å². The van der Waals surface area contributed by atoms with E-state index in [1.807, 2.05) is 31.2 Å². The first-order valence-corrected chi connectivity index (χ1v) is 7.46. The third kappa shape index (κ3) is 5.37. The van der Waals surface area contributed by atoms with E-state index in [4.69, 9.17) is 10.5 Å². The Kier molecular flexibility index (Phi) is 7.85. The van der Waals surface area contributed by atoms with Gasteiger partial charge in [0.15, 0.2) is 5.96 Å². The maximum atomic E-state index is 6.10. The third-order valence-electron chi connectivity index (χ3n) is 3.79. The van der Waals surface area contributed by atoms with E-state index in [1.54, 1.807) is 0 Å². The number of likely N-dealkylation sites (tertiary alicyclic amines) is 1. The molecular formula is C16H26IN3O. The first-order valence-electron chi connectivity index (χ1n) is 7.46. The fraction of sp³-hybridized carbons (Fsp3) is 0.562. The van der Waals surface area contributed by atoms with Gasteiger partial charge in [-0.3, -0.25) is 0 Å². The van der Waals surface area contributed by atoms with Crippen molar-refractivity contribution in [2.24, 2.45) is 16.6 Å². The molecule has 0 spiro atoms. The van der Waals surface area contributed by atoms with Crippen molar-refractivity contribution in [1.82, 2.24) is 4.90 Å². The summed E-state index contributed by atoms with van der Waals surface area (Å²) in [5.74, 6) is 2.36. The predicted octanol–water partition coefficient (Wildman–Crippen LogP) is 3.25. The fourth-order valence-electron chi connectivity index (χ4n) is 2.43. The lowest BCUT2D eigenvalue weighted by atomic mass is 10.00. The molecule has 1 aliphatic heterocycles. The number of benzene rings is 1. The molecule has 0 aliphatic carbocycles. The molecule has 1 aromatic carbocycles. The van der Waals surface area contributed by atoms with Crippen LogP contribution in [-0.2, 0) is 6.54 Å². The summed E-state index contributed by atoms with van der Waals surface area (Å²) >= 11 is 0. The van der Waals surface area contributed by atoms with Crippen molar-refractivity contribution in [2.45, 2.75) is 33.2 Å². The quantitative estimate of drug-likeness (QED) is 0.477. The zero-order valence-electron chi connectivity index (χ0n) is 12.9. The number of guanidine groups is 1. The molecule has 5 heteroatoms. The molecule has 0 unspecified atom stereocenters. The van der Waals surface area contributed by atoms with Crippen molar-refractivity contribution < 1.29 is 4.74 Å². The molecule has 21 heavy (non-hydrogen) atoms. The lowest BCUT2D eigenvalue weighted by molar-refractivity contribution is 0.277. The lowest BCUT2D eigenvalue weighted by Crippen LogP contribution is -2.42. The molecule has 1 aliphatic rings. The Morgan fingerprint density at radius 1 is 1.33 bits per heavy atom. The van der Waals surface area contributed by atoms with Gasteiger partial charge in [-0.15, -0.1) is 24.0 Å². The van der Waals surface area contributed by atoms with E-state index in [1.165, 1.54) is 12.8 Å². The number of hydrogen-bond acceptors (Lipinski definition) is 2. The highest BCUT2D eigenvalue weighted by Gasteiger charge is 2.16. The topological polar surface area (TPSA) is 50.9 Å². The molecule has 2 rings (SSSR count). The van der Waals surface area contributed by atoms with Gasteiger partial charge in [0, 0.05) is 18.7 Å². The molecule has 1 fully saturated rings. The first-order chi connectivity index (χ1) is 9.70. The van der Waals surface area contributed by atoms with Crippen LogP contribution < -0.4 is 10.5 Å². The van der Waals surface area contributed by atoms with Crippen LogP contribution in [0, 0.1) is 5.92 Å². The minimum Gasteiger partial charge on any atom is -0.494 e. The van der Waals surface area contributed by atoms with E-state index >= 15 is 0 Å². The highest BCUT2D eigenvalue weighted by atomic mass is 127. The normalized spacial score (nSPS) is 16.5. The van der Waals surface area contributed by atoms with Crippen LogP contribution in [0.2, 0.25) is 0 Å². The summed E-state index contributed by atoms with van der Waals surface area (Å²) in [4.78, 5) is 6.71. The Labute approximate surface area is 144 Å². The van der Waals surface area contributed by atoms with Crippen molar-refractivity contribution >= 4 is 29.9 Å². The molecule has 0 saturated carbocycles. The Balaban J connectivity index is 0.00000220. The van der Waals surface area contributed by atoms with E-state index in [0.717, 1.165) is 30.3 Å². The summed E-state index contributed by atoms with van der Waals surface area (Å²) < 4.78 is 5.61. The lowest BCUT2D eigenvalue weighted by Gasteiger charge is -2.31. The van der Waals surface area contributed by atoms with E-state index in [-0.39, 0.29) is 24.0 Å². The van der Waals surface area contributed by atoms with Gasteiger partial charge in [0.05, 0.1) is 13.2 Å². The second kappa shape index (κ2) is 9.12. The minimum absolute atomic E-state index is 0. The summed E-state index contributed by atoms with van der Waals surface area (Å²) in [6, 6.07) is 8.01. The highest BCUT2D eigenvalue weighted by molar-refractivity contribution is 14.0. The second-order valence-electron chi connectivity index (χ2n) is 5.38. The van der Waals surface area contributed by atoms with E-state index in [9.17, 15) is 0 Å². The van der Waals surface area contributed by atoms with Crippen molar-refractivity contribution in [2.75, 3.05) is 19.7 Å². The SMILES string of the molecule is CCOc1ccccc1CN=C(N)N1CCC(C)CC1.I. The van der Waals surface area contributed by atoms with Crippen LogP contribution in [0.25, 0.3) is 0 Å². The third-order valence-corrected chi connectivity index (χ3v) is 3.79. The van der Waals surface area contributed by atoms with E-state index in [0.29, 0.717) is 19.1 Å². The molecule has 118 valence electrons. The molecule has 0 atom stereocenters.